The fraction of sp³-hybridized carbons (Fsp3) is 0.333. The van der Waals surface area contributed by atoms with E-state index in [9.17, 15) is 23.2 Å². The van der Waals surface area contributed by atoms with Crippen LogP contribution in [-0.4, -0.2) is 48.1 Å². The van der Waals surface area contributed by atoms with Crippen molar-refractivity contribution in [3.8, 4) is 5.88 Å². The molecule has 9 nitrogen and oxygen atoms in total. The molecule has 0 saturated carbocycles. The van der Waals surface area contributed by atoms with E-state index in [-0.39, 0.29) is 23.2 Å². The van der Waals surface area contributed by atoms with Crippen LogP contribution in [0.4, 0.5) is 14.5 Å². The Labute approximate surface area is 206 Å². The summed E-state index contributed by atoms with van der Waals surface area (Å²) in [5, 5.41) is 4.63. The largest absolute Gasteiger partial charge is 0.478 e. The molecule has 0 bridgehead atoms. The first kappa shape index (κ1) is 25.3. The first-order chi connectivity index (χ1) is 17.0. The molecule has 1 aliphatic rings. The number of aromatic nitrogens is 2. The van der Waals surface area contributed by atoms with Gasteiger partial charge in [0.2, 0.25) is 11.6 Å². The van der Waals surface area contributed by atoms with Gasteiger partial charge >= 0.3 is 0 Å². The summed E-state index contributed by atoms with van der Waals surface area (Å²) < 4.78 is 40.0. The summed E-state index contributed by atoms with van der Waals surface area (Å²) in [6.07, 6.45) is 0.314. The molecule has 3 aromatic rings. The number of H-pyrrole nitrogens is 1. The van der Waals surface area contributed by atoms with Crippen molar-refractivity contribution in [2.45, 2.75) is 39.0 Å². The van der Waals surface area contributed by atoms with E-state index in [0.717, 1.165) is 18.2 Å². The standard InChI is InChI=1S/C24H26F2N4O5Si/c1-5-34-20-7-6-14-17(28-20)8-9-30(24(33)18-12-19(31)29-35-18)21(14)23(32)27-13-10-15(25)22(16(26)11-13)36(2,3)4/h6-7,10-12,21H,5,8-9H2,1-4H3,(H,27,32)(H,29,31)/t21-/m0/s1. The number of carbonyl (C=O) groups excluding carboxylic acids is 2. The highest BCUT2D eigenvalue weighted by Gasteiger charge is 2.39. The van der Waals surface area contributed by atoms with Gasteiger partial charge in [-0.05, 0) is 25.1 Å². The Morgan fingerprint density at radius 3 is 2.50 bits per heavy atom. The van der Waals surface area contributed by atoms with Gasteiger partial charge in [0.1, 0.15) is 17.7 Å². The second-order valence-corrected chi connectivity index (χ2v) is 14.4. The van der Waals surface area contributed by atoms with E-state index < -0.39 is 43.1 Å². The normalized spacial score (nSPS) is 15.4. The van der Waals surface area contributed by atoms with Gasteiger partial charge in [0.25, 0.3) is 17.4 Å². The Kier molecular flexibility index (Phi) is 6.80. The summed E-state index contributed by atoms with van der Waals surface area (Å²) in [6.45, 7) is 7.75. The lowest BCUT2D eigenvalue weighted by molar-refractivity contribution is -0.121. The molecule has 0 spiro atoms. The molecule has 1 atom stereocenters. The van der Waals surface area contributed by atoms with E-state index in [0.29, 0.717) is 30.2 Å². The molecule has 0 fully saturated rings. The summed E-state index contributed by atoms with van der Waals surface area (Å²) in [5.41, 5.74) is 0.289. The molecule has 3 heterocycles. The topological polar surface area (TPSA) is 118 Å². The first-order valence-electron chi connectivity index (χ1n) is 11.4. The minimum absolute atomic E-state index is 0.0375. The average molecular weight is 517 g/mol. The number of ether oxygens (including phenoxy) is 1. The van der Waals surface area contributed by atoms with Crippen LogP contribution in [0.15, 0.2) is 39.6 Å². The molecule has 0 unspecified atom stereocenters. The van der Waals surface area contributed by atoms with Crippen LogP contribution in [0.2, 0.25) is 19.6 Å². The van der Waals surface area contributed by atoms with E-state index >= 15 is 0 Å². The summed E-state index contributed by atoms with van der Waals surface area (Å²) in [4.78, 5) is 43.8. The number of nitrogens with one attached hydrogen (secondary N) is 2. The molecule has 2 N–H and O–H groups in total. The van der Waals surface area contributed by atoms with Gasteiger partial charge in [-0.2, -0.15) is 5.16 Å². The molecule has 0 radical (unpaired) electrons. The highest BCUT2D eigenvalue weighted by atomic mass is 28.3. The van der Waals surface area contributed by atoms with Crippen LogP contribution in [-0.2, 0) is 11.2 Å². The molecule has 12 heteroatoms. The first-order valence-corrected chi connectivity index (χ1v) is 14.9. The van der Waals surface area contributed by atoms with E-state index in [1.807, 2.05) is 26.6 Å². The molecule has 4 rings (SSSR count). The number of rotatable bonds is 6. The zero-order valence-electron chi connectivity index (χ0n) is 20.3. The van der Waals surface area contributed by atoms with Gasteiger partial charge < -0.3 is 19.5 Å². The third kappa shape index (κ3) is 4.94. The van der Waals surface area contributed by atoms with Crippen molar-refractivity contribution in [2.75, 3.05) is 18.5 Å². The zero-order chi connectivity index (χ0) is 26.2. The number of carbonyl (C=O) groups is 2. The van der Waals surface area contributed by atoms with Gasteiger partial charge in [-0.1, -0.05) is 19.6 Å². The maximum atomic E-state index is 14.8. The number of benzene rings is 1. The van der Waals surface area contributed by atoms with Crippen LogP contribution in [0.1, 0.15) is 34.8 Å². The lowest BCUT2D eigenvalue weighted by Gasteiger charge is -2.35. The van der Waals surface area contributed by atoms with E-state index in [2.05, 4.69) is 15.5 Å². The van der Waals surface area contributed by atoms with Gasteiger partial charge in [-0.25, -0.2) is 13.8 Å². The molecule has 0 saturated heterocycles. The maximum Gasteiger partial charge on any atom is 0.293 e. The predicted molar refractivity (Wildman–Crippen MR) is 130 cm³/mol. The number of anilines is 1. The number of pyridine rings is 1. The average Bonchev–Trinajstić information content (AvgIpc) is 3.22. The van der Waals surface area contributed by atoms with Gasteiger partial charge in [0.05, 0.1) is 26.4 Å². The number of amides is 2. The fourth-order valence-electron chi connectivity index (χ4n) is 4.30. The number of hydrogen-bond acceptors (Lipinski definition) is 6. The van der Waals surface area contributed by atoms with Crippen molar-refractivity contribution in [3.05, 3.63) is 69.3 Å². The molecule has 2 aromatic heterocycles. The molecule has 1 aromatic carbocycles. The van der Waals surface area contributed by atoms with Crippen molar-refractivity contribution in [1.29, 1.82) is 0 Å². The van der Waals surface area contributed by atoms with Crippen LogP contribution < -0.4 is 20.8 Å². The van der Waals surface area contributed by atoms with Gasteiger partial charge in [0, 0.05) is 35.5 Å². The van der Waals surface area contributed by atoms with Gasteiger partial charge in [-0.3, -0.25) is 14.4 Å². The van der Waals surface area contributed by atoms with E-state index in [1.54, 1.807) is 12.1 Å². The van der Waals surface area contributed by atoms with E-state index in [1.165, 1.54) is 4.90 Å². The number of halogens is 2. The number of hydrogen-bond donors (Lipinski definition) is 2. The second kappa shape index (κ2) is 9.68. The predicted octanol–water partition coefficient (Wildman–Crippen LogP) is 2.96. The minimum atomic E-state index is -2.31. The van der Waals surface area contributed by atoms with Crippen molar-refractivity contribution >= 4 is 30.8 Å². The van der Waals surface area contributed by atoms with Crippen molar-refractivity contribution in [3.63, 3.8) is 0 Å². The van der Waals surface area contributed by atoms with Crippen molar-refractivity contribution in [2.24, 2.45) is 0 Å². The smallest absolute Gasteiger partial charge is 0.293 e. The Balaban J connectivity index is 1.72. The van der Waals surface area contributed by atoms with E-state index in [4.69, 9.17) is 9.26 Å². The monoisotopic (exact) mass is 516 g/mol. The number of fused-ring (bicyclic) bond motifs is 1. The summed E-state index contributed by atoms with van der Waals surface area (Å²) in [5.74, 6) is -2.76. The van der Waals surface area contributed by atoms with Crippen LogP contribution in [0.5, 0.6) is 5.88 Å². The molecule has 2 amide bonds. The maximum absolute atomic E-state index is 14.8. The summed E-state index contributed by atoms with van der Waals surface area (Å²) in [6, 6.07) is 5.14. The van der Waals surface area contributed by atoms with Crippen LogP contribution in [0.3, 0.4) is 0 Å². The second-order valence-electron chi connectivity index (χ2n) is 9.40. The molecule has 36 heavy (non-hydrogen) atoms. The fourth-order valence-corrected chi connectivity index (χ4v) is 5.87. The van der Waals surface area contributed by atoms with Crippen LogP contribution in [0.25, 0.3) is 0 Å². The van der Waals surface area contributed by atoms with Crippen molar-refractivity contribution in [1.82, 2.24) is 15.0 Å². The highest BCUT2D eigenvalue weighted by Crippen LogP contribution is 2.33. The summed E-state index contributed by atoms with van der Waals surface area (Å²) >= 11 is 0. The highest BCUT2D eigenvalue weighted by molar-refractivity contribution is 6.88. The zero-order valence-corrected chi connectivity index (χ0v) is 21.3. The third-order valence-corrected chi connectivity index (χ3v) is 7.75. The SMILES string of the molecule is CCOc1ccc2c(n1)CCN(C(=O)c1cc(=O)[nH]o1)[C@@H]2C(=O)Nc1cc(F)c([Si](C)(C)C)c(F)c1. The molecule has 190 valence electrons. The molecule has 0 aliphatic carbocycles. The Morgan fingerprint density at radius 1 is 1.22 bits per heavy atom. The third-order valence-electron chi connectivity index (χ3n) is 5.78. The van der Waals surface area contributed by atoms with Crippen LogP contribution in [0, 0.1) is 11.6 Å². The Morgan fingerprint density at radius 2 is 1.92 bits per heavy atom. The number of aromatic amines is 1. The van der Waals surface area contributed by atoms with Gasteiger partial charge in [-0.15, -0.1) is 0 Å². The number of nitrogens with zero attached hydrogens (tertiary/aromatic N) is 2. The van der Waals surface area contributed by atoms with Crippen molar-refractivity contribution < 1.29 is 27.6 Å². The molecular formula is C24H26F2N4O5Si. The summed E-state index contributed by atoms with van der Waals surface area (Å²) in [7, 11) is -2.31. The molecular weight excluding hydrogens is 490 g/mol. The molecule has 1 aliphatic heterocycles. The minimum Gasteiger partial charge on any atom is -0.478 e. The quantitative estimate of drug-likeness (QED) is 0.487. The Bertz CT molecular complexity index is 1360. The van der Waals surface area contributed by atoms with Crippen LogP contribution >= 0.6 is 0 Å². The lowest BCUT2D eigenvalue weighted by atomic mass is 9.95. The Hall–Kier alpha value is -3.80. The van der Waals surface area contributed by atoms with Gasteiger partial charge in [0.15, 0.2) is 0 Å². The lowest BCUT2D eigenvalue weighted by Crippen LogP contribution is -2.46.